The summed E-state index contributed by atoms with van der Waals surface area (Å²) in [5.41, 5.74) is 2.64. The van der Waals surface area contributed by atoms with Crippen LogP contribution in [0.1, 0.15) is 30.7 Å². The molecule has 1 unspecified atom stereocenters. The monoisotopic (exact) mass is 307 g/mol. The SMILES string of the molecule is CC(C)n1c(SC(C(=O)NN)c2ccccc2)n[nH]c1=O. The Balaban J connectivity index is 2.37. The van der Waals surface area contributed by atoms with Gasteiger partial charge in [0.15, 0.2) is 5.16 Å². The largest absolute Gasteiger partial charge is 0.344 e. The Morgan fingerprint density at radius 2 is 2.05 bits per heavy atom. The number of hydrogen-bond donors (Lipinski definition) is 3. The molecule has 1 aromatic carbocycles. The molecule has 8 heteroatoms. The van der Waals surface area contributed by atoms with Crippen LogP contribution in [-0.4, -0.2) is 20.7 Å². The second-order valence-corrected chi connectivity index (χ2v) is 5.76. The highest BCUT2D eigenvalue weighted by Crippen LogP contribution is 2.34. The summed E-state index contributed by atoms with van der Waals surface area (Å²) in [7, 11) is 0. The van der Waals surface area contributed by atoms with Crippen molar-refractivity contribution in [3.05, 3.63) is 46.4 Å². The van der Waals surface area contributed by atoms with Gasteiger partial charge in [0.25, 0.3) is 5.91 Å². The summed E-state index contributed by atoms with van der Waals surface area (Å²) in [4.78, 5) is 23.8. The normalized spacial score (nSPS) is 12.4. The number of aromatic nitrogens is 3. The fourth-order valence-electron chi connectivity index (χ4n) is 1.91. The van der Waals surface area contributed by atoms with Gasteiger partial charge in [-0.2, -0.15) is 0 Å². The van der Waals surface area contributed by atoms with E-state index < -0.39 is 5.25 Å². The fraction of sp³-hybridized carbons (Fsp3) is 0.308. The number of carbonyl (C=O) groups is 1. The maximum absolute atomic E-state index is 12.0. The second-order valence-electron chi connectivity index (χ2n) is 4.69. The first-order chi connectivity index (χ1) is 10.0. The molecule has 7 nitrogen and oxygen atoms in total. The van der Waals surface area contributed by atoms with E-state index in [1.54, 1.807) is 0 Å². The van der Waals surface area contributed by atoms with Crippen molar-refractivity contribution >= 4 is 17.7 Å². The highest BCUT2D eigenvalue weighted by atomic mass is 32.2. The summed E-state index contributed by atoms with van der Waals surface area (Å²) in [6, 6.07) is 9.15. The molecular formula is C13H17N5O2S. The average Bonchev–Trinajstić information content (AvgIpc) is 2.85. The van der Waals surface area contributed by atoms with Crippen molar-refractivity contribution in [1.29, 1.82) is 0 Å². The summed E-state index contributed by atoms with van der Waals surface area (Å²) < 4.78 is 1.50. The number of aromatic amines is 1. The van der Waals surface area contributed by atoms with Gasteiger partial charge in [-0.25, -0.2) is 15.7 Å². The number of amides is 1. The number of carbonyl (C=O) groups excluding carboxylic acids is 1. The Morgan fingerprint density at radius 1 is 1.38 bits per heavy atom. The molecule has 0 aliphatic heterocycles. The first kappa shape index (κ1) is 15.3. The fourth-order valence-corrected chi connectivity index (χ4v) is 3.10. The molecule has 0 saturated heterocycles. The van der Waals surface area contributed by atoms with Gasteiger partial charge >= 0.3 is 5.69 Å². The molecule has 1 amide bonds. The smallest absolute Gasteiger partial charge is 0.293 e. The molecule has 0 spiro atoms. The van der Waals surface area contributed by atoms with Gasteiger partial charge in [0.2, 0.25) is 0 Å². The molecule has 2 rings (SSSR count). The lowest BCUT2D eigenvalue weighted by Crippen LogP contribution is -2.34. The van der Waals surface area contributed by atoms with E-state index in [1.165, 1.54) is 16.3 Å². The molecule has 0 aliphatic carbocycles. The van der Waals surface area contributed by atoms with Crippen LogP contribution in [-0.2, 0) is 4.79 Å². The molecule has 1 atom stereocenters. The zero-order chi connectivity index (χ0) is 15.4. The average molecular weight is 307 g/mol. The van der Waals surface area contributed by atoms with Crippen LogP contribution in [0.2, 0.25) is 0 Å². The molecule has 1 heterocycles. The van der Waals surface area contributed by atoms with Crippen molar-refractivity contribution in [2.45, 2.75) is 30.3 Å². The zero-order valence-corrected chi connectivity index (χ0v) is 12.6. The van der Waals surface area contributed by atoms with E-state index in [2.05, 4.69) is 15.6 Å². The lowest BCUT2D eigenvalue weighted by atomic mass is 10.1. The number of nitrogens with one attached hydrogen (secondary N) is 2. The van der Waals surface area contributed by atoms with E-state index in [9.17, 15) is 9.59 Å². The summed E-state index contributed by atoms with van der Waals surface area (Å²) in [6.45, 7) is 3.75. The first-order valence-corrected chi connectivity index (χ1v) is 7.31. The van der Waals surface area contributed by atoms with Gasteiger partial charge < -0.3 is 0 Å². The molecule has 0 fully saturated rings. The predicted molar refractivity (Wildman–Crippen MR) is 80.6 cm³/mol. The van der Waals surface area contributed by atoms with Crippen LogP contribution in [0.5, 0.6) is 0 Å². The van der Waals surface area contributed by atoms with E-state index in [1.807, 2.05) is 44.2 Å². The molecule has 4 N–H and O–H groups in total. The Hall–Kier alpha value is -2.06. The van der Waals surface area contributed by atoms with Gasteiger partial charge in [-0.1, -0.05) is 42.1 Å². The van der Waals surface area contributed by atoms with Crippen molar-refractivity contribution in [1.82, 2.24) is 20.2 Å². The highest BCUT2D eigenvalue weighted by molar-refractivity contribution is 8.00. The van der Waals surface area contributed by atoms with Crippen LogP contribution in [0, 0.1) is 0 Å². The van der Waals surface area contributed by atoms with Gasteiger partial charge in [-0.05, 0) is 19.4 Å². The number of nitrogens with zero attached hydrogens (tertiary/aromatic N) is 2. The van der Waals surface area contributed by atoms with Gasteiger partial charge in [0, 0.05) is 6.04 Å². The number of hydrogen-bond acceptors (Lipinski definition) is 5. The van der Waals surface area contributed by atoms with Crippen LogP contribution in [0.15, 0.2) is 40.3 Å². The third kappa shape index (κ3) is 3.34. The van der Waals surface area contributed by atoms with Gasteiger partial charge in [0.05, 0.1) is 0 Å². The molecule has 1 aromatic heterocycles. The van der Waals surface area contributed by atoms with Crippen LogP contribution >= 0.6 is 11.8 Å². The van der Waals surface area contributed by atoms with E-state index in [0.717, 1.165) is 5.56 Å². The summed E-state index contributed by atoms with van der Waals surface area (Å²) >= 11 is 1.18. The first-order valence-electron chi connectivity index (χ1n) is 6.43. The predicted octanol–water partition coefficient (Wildman–Crippen LogP) is 0.976. The minimum atomic E-state index is -0.580. The van der Waals surface area contributed by atoms with Crippen LogP contribution < -0.4 is 17.0 Å². The lowest BCUT2D eigenvalue weighted by Gasteiger charge is -2.16. The van der Waals surface area contributed by atoms with Crippen LogP contribution in [0.3, 0.4) is 0 Å². The number of H-pyrrole nitrogens is 1. The molecule has 0 saturated carbocycles. The van der Waals surface area contributed by atoms with Gasteiger partial charge in [0.1, 0.15) is 5.25 Å². The maximum Gasteiger partial charge on any atom is 0.344 e. The minimum Gasteiger partial charge on any atom is -0.293 e. The molecule has 2 aromatic rings. The Morgan fingerprint density at radius 3 is 2.62 bits per heavy atom. The van der Waals surface area contributed by atoms with Gasteiger partial charge in [-0.3, -0.25) is 14.8 Å². The highest BCUT2D eigenvalue weighted by Gasteiger charge is 2.25. The topological polar surface area (TPSA) is 106 Å². The summed E-state index contributed by atoms with van der Waals surface area (Å²) in [6.07, 6.45) is 0. The Kier molecular flexibility index (Phi) is 4.81. The summed E-state index contributed by atoms with van der Waals surface area (Å²) in [5.74, 6) is 4.91. The van der Waals surface area contributed by atoms with E-state index in [0.29, 0.717) is 5.16 Å². The van der Waals surface area contributed by atoms with E-state index >= 15 is 0 Å². The van der Waals surface area contributed by atoms with Crippen LogP contribution in [0.4, 0.5) is 0 Å². The Bertz CT molecular complexity index is 665. The zero-order valence-electron chi connectivity index (χ0n) is 11.7. The maximum atomic E-state index is 12.0. The standard InChI is InChI=1S/C13H17N5O2S/c1-8(2)18-12(20)16-17-13(18)21-10(11(19)15-14)9-6-4-3-5-7-9/h3-8,10H,14H2,1-2H3,(H,15,19)(H,16,20). The van der Waals surface area contributed by atoms with E-state index in [-0.39, 0.29) is 17.6 Å². The third-order valence-electron chi connectivity index (χ3n) is 2.89. The summed E-state index contributed by atoms with van der Waals surface area (Å²) in [5, 5.41) is 6.26. The van der Waals surface area contributed by atoms with Crippen molar-refractivity contribution in [3.8, 4) is 0 Å². The third-order valence-corrected chi connectivity index (χ3v) is 4.12. The molecular weight excluding hydrogens is 290 g/mol. The van der Waals surface area contributed by atoms with Crippen molar-refractivity contribution < 1.29 is 4.79 Å². The lowest BCUT2D eigenvalue weighted by molar-refractivity contribution is -0.120. The van der Waals surface area contributed by atoms with Crippen molar-refractivity contribution in [2.75, 3.05) is 0 Å². The molecule has 0 aliphatic rings. The molecule has 0 bridgehead atoms. The van der Waals surface area contributed by atoms with E-state index in [4.69, 9.17) is 5.84 Å². The minimum absolute atomic E-state index is 0.0592. The van der Waals surface area contributed by atoms with Gasteiger partial charge in [-0.15, -0.1) is 5.10 Å². The molecule has 21 heavy (non-hydrogen) atoms. The van der Waals surface area contributed by atoms with Crippen molar-refractivity contribution in [2.24, 2.45) is 5.84 Å². The quantitative estimate of drug-likeness (QED) is 0.330. The van der Waals surface area contributed by atoms with Crippen molar-refractivity contribution in [3.63, 3.8) is 0 Å². The Labute approximate surface area is 125 Å². The number of thioether (sulfide) groups is 1. The number of rotatable bonds is 5. The number of nitrogens with two attached hydrogens (primary N) is 1. The molecule has 0 radical (unpaired) electrons. The van der Waals surface area contributed by atoms with Crippen LogP contribution in [0.25, 0.3) is 0 Å². The number of benzene rings is 1. The molecule has 112 valence electrons. The number of hydrazine groups is 1. The second kappa shape index (κ2) is 6.59.